The van der Waals surface area contributed by atoms with Gasteiger partial charge in [-0.2, -0.15) is 5.26 Å². The van der Waals surface area contributed by atoms with Crippen molar-refractivity contribution in [1.82, 2.24) is 9.80 Å². The number of nitriles is 1. The summed E-state index contributed by atoms with van der Waals surface area (Å²) in [6, 6.07) is 20.3. The fourth-order valence-corrected chi connectivity index (χ4v) is 5.97. The molecule has 3 aromatic rings. The largest absolute Gasteiger partial charge is 0.332 e. The third-order valence-corrected chi connectivity index (χ3v) is 7.98. The highest BCUT2D eigenvalue weighted by atomic mass is 35.5. The van der Waals surface area contributed by atoms with Crippen LogP contribution in [0.4, 0.5) is 21.0 Å². The molecule has 0 aliphatic carbocycles. The van der Waals surface area contributed by atoms with Crippen LogP contribution in [-0.2, 0) is 4.79 Å². The number of amides is 5. The highest BCUT2D eigenvalue weighted by molar-refractivity contribution is 6.33. The van der Waals surface area contributed by atoms with Gasteiger partial charge in [0, 0.05) is 12.1 Å². The average Bonchev–Trinajstić information content (AvgIpc) is 3.58. The van der Waals surface area contributed by atoms with E-state index in [2.05, 4.69) is 5.32 Å². The van der Waals surface area contributed by atoms with E-state index in [0.29, 0.717) is 29.9 Å². The van der Waals surface area contributed by atoms with Crippen molar-refractivity contribution < 1.29 is 14.4 Å². The van der Waals surface area contributed by atoms with Gasteiger partial charge < -0.3 is 15.1 Å². The second kappa shape index (κ2) is 8.64. The van der Waals surface area contributed by atoms with Gasteiger partial charge in [-0.15, -0.1) is 0 Å². The number of carbonyl (C=O) groups excluding carboxylic acids is 3. The zero-order valence-electron chi connectivity index (χ0n) is 19.9. The van der Waals surface area contributed by atoms with E-state index in [1.54, 1.807) is 22.8 Å². The van der Waals surface area contributed by atoms with Gasteiger partial charge in [-0.3, -0.25) is 4.79 Å². The topological polar surface area (TPSA) is 96.8 Å². The van der Waals surface area contributed by atoms with Crippen molar-refractivity contribution >= 4 is 40.9 Å². The van der Waals surface area contributed by atoms with E-state index in [1.807, 2.05) is 60.7 Å². The number of benzene rings is 3. The summed E-state index contributed by atoms with van der Waals surface area (Å²) in [6.45, 7) is 2.03. The number of fused-ring (bicyclic) bond motifs is 5. The molecule has 0 spiro atoms. The number of likely N-dealkylation sites (tertiary alicyclic amines) is 1. The van der Waals surface area contributed by atoms with Crippen molar-refractivity contribution in [1.29, 1.82) is 5.26 Å². The third-order valence-electron chi connectivity index (χ3n) is 7.50. The Balaban J connectivity index is 1.26. The molecule has 3 heterocycles. The van der Waals surface area contributed by atoms with Gasteiger partial charge in [-0.05, 0) is 42.7 Å². The van der Waals surface area contributed by atoms with Crippen molar-refractivity contribution in [2.24, 2.45) is 0 Å². The number of rotatable bonds is 3. The minimum atomic E-state index is -0.754. The van der Waals surface area contributed by atoms with Crippen LogP contribution in [0, 0.1) is 18.3 Å². The summed E-state index contributed by atoms with van der Waals surface area (Å²) in [5.74, 6) is -0.386. The molecule has 3 atom stereocenters. The van der Waals surface area contributed by atoms with Crippen LogP contribution < -0.4 is 10.2 Å². The highest BCUT2D eigenvalue weighted by Crippen LogP contribution is 2.44. The third kappa shape index (κ3) is 3.46. The van der Waals surface area contributed by atoms with Crippen LogP contribution in [0.1, 0.15) is 17.5 Å². The minimum absolute atomic E-state index is 0.216. The fourth-order valence-electron chi connectivity index (χ4n) is 5.76. The quantitative estimate of drug-likeness (QED) is 0.500. The molecule has 9 heteroatoms. The molecule has 1 N–H and O–H groups in total. The molecular formula is C28H22ClN5O3. The zero-order chi connectivity index (χ0) is 25.8. The number of hydrogen-bond acceptors (Lipinski definition) is 4. The summed E-state index contributed by atoms with van der Waals surface area (Å²) in [6.07, 6.45) is 0.552. The smallest absolute Gasteiger partial charge is 0.317 e. The molecule has 2 bridgehead atoms. The lowest BCUT2D eigenvalue weighted by atomic mass is 10.0. The molecular weight excluding hydrogens is 490 g/mol. The Morgan fingerprint density at radius 2 is 1.78 bits per heavy atom. The predicted molar refractivity (Wildman–Crippen MR) is 139 cm³/mol. The number of carbonyl (C=O) groups is 3. The zero-order valence-corrected chi connectivity index (χ0v) is 20.6. The van der Waals surface area contributed by atoms with Crippen molar-refractivity contribution in [3.05, 3.63) is 82.9 Å². The minimum Gasteiger partial charge on any atom is -0.317 e. The molecule has 37 heavy (non-hydrogen) atoms. The number of nitrogens with one attached hydrogen (secondary N) is 1. The number of piperazine rings is 1. The van der Waals surface area contributed by atoms with E-state index in [1.165, 1.54) is 6.07 Å². The van der Waals surface area contributed by atoms with Crippen molar-refractivity contribution in [3.63, 3.8) is 0 Å². The SMILES string of the molecule is Cc1c(N2C(=O)[C@H]3C4CC(CN4C(=O)Nc4ccccc4-c4ccccc4)N3C2=O)ccc(C#N)c1Cl. The van der Waals surface area contributed by atoms with Gasteiger partial charge in [-0.25, -0.2) is 14.5 Å². The van der Waals surface area contributed by atoms with Crippen LogP contribution in [0.25, 0.3) is 11.1 Å². The summed E-state index contributed by atoms with van der Waals surface area (Å²) < 4.78 is 0. The maximum atomic E-state index is 13.6. The molecule has 0 radical (unpaired) electrons. The van der Waals surface area contributed by atoms with Gasteiger partial charge in [0.05, 0.1) is 34.0 Å². The van der Waals surface area contributed by atoms with E-state index in [9.17, 15) is 19.6 Å². The van der Waals surface area contributed by atoms with Crippen molar-refractivity contribution in [3.8, 4) is 17.2 Å². The van der Waals surface area contributed by atoms with Crippen LogP contribution in [0.15, 0.2) is 66.7 Å². The van der Waals surface area contributed by atoms with Crippen LogP contribution in [-0.4, -0.2) is 52.4 Å². The maximum absolute atomic E-state index is 13.6. The van der Waals surface area contributed by atoms with Gasteiger partial charge in [0.25, 0.3) is 5.91 Å². The monoisotopic (exact) mass is 511 g/mol. The maximum Gasteiger partial charge on any atom is 0.332 e. The summed E-state index contributed by atoms with van der Waals surface area (Å²) >= 11 is 6.31. The summed E-state index contributed by atoms with van der Waals surface area (Å²) in [5.41, 5.74) is 3.69. The highest BCUT2D eigenvalue weighted by Gasteiger charge is 2.63. The second-order valence-corrected chi connectivity index (χ2v) is 9.82. The van der Waals surface area contributed by atoms with Crippen LogP contribution in [0.5, 0.6) is 0 Å². The summed E-state index contributed by atoms with van der Waals surface area (Å²) in [4.78, 5) is 44.8. The lowest BCUT2D eigenvalue weighted by Gasteiger charge is -2.35. The van der Waals surface area contributed by atoms with Gasteiger partial charge in [0.2, 0.25) is 0 Å². The standard InChI is InChI=1S/C28H22ClN5O3/c1-16-22(12-11-18(14-30)24(16)29)34-26(35)25-23-13-19(33(25)28(34)37)15-32(23)27(36)31-21-10-6-5-9-20(21)17-7-3-2-4-8-17/h2-12,19,23,25H,13,15H2,1H3,(H,31,36)/t19?,23?,25-/m1/s1. The van der Waals surface area contributed by atoms with Gasteiger partial charge in [0.15, 0.2) is 0 Å². The Hall–Kier alpha value is -4.35. The van der Waals surface area contributed by atoms with Crippen LogP contribution >= 0.6 is 11.6 Å². The first-order chi connectivity index (χ1) is 17.9. The molecule has 0 saturated carbocycles. The summed E-state index contributed by atoms with van der Waals surface area (Å²) in [5, 5.41) is 12.5. The van der Waals surface area contributed by atoms with E-state index in [-0.39, 0.29) is 28.6 Å². The Kier molecular flexibility index (Phi) is 5.39. The number of anilines is 2. The Bertz CT molecular complexity index is 1500. The Morgan fingerprint density at radius 3 is 2.54 bits per heavy atom. The second-order valence-electron chi connectivity index (χ2n) is 9.44. The first-order valence-corrected chi connectivity index (χ1v) is 12.4. The Morgan fingerprint density at radius 1 is 1.05 bits per heavy atom. The number of halogens is 1. The first-order valence-electron chi connectivity index (χ1n) is 12.0. The molecule has 3 fully saturated rings. The molecule has 6 rings (SSSR count). The number of imide groups is 1. The molecule has 0 aromatic heterocycles. The average molecular weight is 512 g/mol. The molecule has 184 valence electrons. The van der Waals surface area contributed by atoms with Crippen molar-refractivity contribution in [2.45, 2.75) is 31.5 Å². The van der Waals surface area contributed by atoms with Gasteiger partial charge in [-0.1, -0.05) is 60.1 Å². The molecule has 3 aliphatic heterocycles. The number of para-hydroxylation sites is 1. The van der Waals surface area contributed by atoms with Gasteiger partial charge in [0.1, 0.15) is 12.1 Å². The molecule has 3 saturated heterocycles. The lowest BCUT2D eigenvalue weighted by molar-refractivity contribution is -0.120. The molecule has 2 unspecified atom stereocenters. The van der Waals surface area contributed by atoms with Crippen LogP contribution in [0.2, 0.25) is 5.02 Å². The van der Waals surface area contributed by atoms with E-state index in [4.69, 9.17) is 11.6 Å². The number of nitrogens with zero attached hydrogens (tertiary/aromatic N) is 4. The predicted octanol–water partition coefficient (Wildman–Crippen LogP) is 5.01. The number of hydrogen-bond donors (Lipinski definition) is 1. The number of urea groups is 2. The van der Waals surface area contributed by atoms with Gasteiger partial charge >= 0.3 is 12.1 Å². The molecule has 8 nitrogen and oxygen atoms in total. The lowest BCUT2D eigenvalue weighted by Crippen LogP contribution is -2.55. The molecule has 5 amide bonds. The fraction of sp³-hybridized carbons (Fsp3) is 0.214. The summed E-state index contributed by atoms with van der Waals surface area (Å²) in [7, 11) is 0. The Labute approximate surface area is 218 Å². The van der Waals surface area contributed by atoms with Crippen LogP contribution in [0.3, 0.4) is 0 Å². The van der Waals surface area contributed by atoms with Crippen molar-refractivity contribution in [2.75, 3.05) is 16.8 Å². The molecule has 3 aliphatic rings. The first kappa shape index (κ1) is 23.1. The van der Waals surface area contributed by atoms with E-state index >= 15 is 0 Å². The normalized spacial score (nSPS) is 21.9. The van der Waals surface area contributed by atoms with E-state index < -0.39 is 18.1 Å². The molecule has 3 aromatic carbocycles. The van der Waals surface area contributed by atoms with E-state index in [0.717, 1.165) is 16.0 Å².